The molecule has 2 heterocycles. The van der Waals surface area contributed by atoms with E-state index in [1.165, 1.54) is 5.56 Å². The van der Waals surface area contributed by atoms with Gasteiger partial charge in [-0.1, -0.05) is 60.7 Å². The predicted molar refractivity (Wildman–Crippen MR) is 115 cm³/mol. The third-order valence-electron chi connectivity index (χ3n) is 4.73. The Morgan fingerprint density at radius 3 is 2.24 bits per heavy atom. The molecule has 4 rings (SSSR count). The maximum Gasteiger partial charge on any atom is 0.224 e. The molecule has 2 aromatic carbocycles. The molecule has 4 aromatic rings. The van der Waals surface area contributed by atoms with Crippen molar-refractivity contribution in [1.82, 2.24) is 15.3 Å². The topological polar surface area (TPSA) is 54.9 Å². The van der Waals surface area contributed by atoms with E-state index in [-0.39, 0.29) is 5.91 Å². The van der Waals surface area contributed by atoms with Crippen molar-refractivity contribution >= 4 is 5.91 Å². The molecule has 4 heteroatoms. The second-order valence-corrected chi connectivity index (χ2v) is 6.77. The van der Waals surface area contributed by atoms with E-state index in [9.17, 15) is 4.79 Å². The lowest BCUT2D eigenvalue weighted by Crippen LogP contribution is -2.25. The number of pyridine rings is 2. The highest BCUT2D eigenvalue weighted by Gasteiger charge is 2.09. The minimum absolute atomic E-state index is 0.0153. The van der Waals surface area contributed by atoms with Crippen LogP contribution in [-0.2, 0) is 17.8 Å². The molecule has 0 aliphatic carbocycles. The van der Waals surface area contributed by atoms with Crippen LogP contribution in [0, 0.1) is 0 Å². The molecule has 4 nitrogen and oxygen atoms in total. The summed E-state index contributed by atoms with van der Waals surface area (Å²) in [5.41, 5.74) is 6.05. The molecule has 0 bridgehead atoms. The van der Waals surface area contributed by atoms with Crippen molar-refractivity contribution in [3.8, 4) is 22.4 Å². The molecular formula is C25H21N3O. The zero-order chi connectivity index (χ0) is 19.9. The van der Waals surface area contributed by atoms with Crippen LogP contribution in [0.2, 0.25) is 0 Å². The SMILES string of the molecule is O=C(Cc1ccc(-c2ccccc2)cc1)NCc1cccnc1-c1cccnc1. The van der Waals surface area contributed by atoms with Gasteiger partial charge in [-0.25, -0.2) is 0 Å². The largest absolute Gasteiger partial charge is 0.352 e. The smallest absolute Gasteiger partial charge is 0.224 e. The van der Waals surface area contributed by atoms with Gasteiger partial charge in [-0.3, -0.25) is 14.8 Å². The van der Waals surface area contributed by atoms with Crippen LogP contribution in [-0.4, -0.2) is 15.9 Å². The number of benzene rings is 2. The van der Waals surface area contributed by atoms with Crippen molar-refractivity contribution in [2.45, 2.75) is 13.0 Å². The van der Waals surface area contributed by atoms with Gasteiger partial charge in [-0.2, -0.15) is 0 Å². The molecule has 0 unspecified atom stereocenters. The first kappa shape index (κ1) is 18.6. The molecule has 0 saturated carbocycles. The van der Waals surface area contributed by atoms with Crippen molar-refractivity contribution in [1.29, 1.82) is 0 Å². The molecule has 1 amide bonds. The monoisotopic (exact) mass is 379 g/mol. The lowest BCUT2D eigenvalue weighted by Gasteiger charge is -2.10. The van der Waals surface area contributed by atoms with Gasteiger partial charge in [0.05, 0.1) is 12.1 Å². The van der Waals surface area contributed by atoms with E-state index < -0.39 is 0 Å². The Bertz CT molecular complexity index is 1080. The summed E-state index contributed by atoms with van der Waals surface area (Å²) in [6.45, 7) is 0.430. The highest BCUT2D eigenvalue weighted by molar-refractivity contribution is 5.79. The van der Waals surface area contributed by atoms with Crippen LogP contribution >= 0.6 is 0 Å². The number of carbonyl (C=O) groups excluding carboxylic acids is 1. The zero-order valence-corrected chi connectivity index (χ0v) is 16.0. The highest BCUT2D eigenvalue weighted by atomic mass is 16.1. The van der Waals surface area contributed by atoms with Gasteiger partial charge in [-0.15, -0.1) is 0 Å². The van der Waals surface area contributed by atoms with Crippen molar-refractivity contribution < 1.29 is 4.79 Å². The van der Waals surface area contributed by atoms with Gasteiger partial charge in [0.25, 0.3) is 0 Å². The average Bonchev–Trinajstić information content (AvgIpc) is 2.80. The van der Waals surface area contributed by atoms with Gasteiger partial charge in [-0.05, 0) is 40.5 Å². The summed E-state index contributed by atoms with van der Waals surface area (Å²) in [5.74, 6) is -0.0153. The van der Waals surface area contributed by atoms with Crippen LogP contribution in [0.5, 0.6) is 0 Å². The Balaban J connectivity index is 1.39. The van der Waals surface area contributed by atoms with Crippen LogP contribution in [0.4, 0.5) is 0 Å². The number of carbonyl (C=O) groups is 1. The quantitative estimate of drug-likeness (QED) is 0.530. The van der Waals surface area contributed by atoms with Crippen molar-refractivity contribution in [2.24, 2.45) is 0 Å². The van der Waals surface area contributed by atoms with Gasteiger partial charge in [0.1, 0.15) is 0 Å². The van der Waals surface area contributed by atoms with E-state index in [2.05, 4.69) is 39.6 Å². The van der Waals surface area contributed by atoms with E-state index in [4.69, 9.17) is 0 Å². The molecule has 0 saturated heterocycles. The molecular weight excluding hydrogens is 358 g/mol. The zero-order valence-electron chi connectivity index (χ0n) is 16.0. The fraction of sp³-hybridized carbons (Fsp3) is 0.0800. The number of aromatic nitrogens is 2. The third-order valence-corrected chi connectivity index (χ3v) is 4.73. The summed E-state index contributed by atoms with van der Waals surface area (Å²) < 4.78 is 0. The standard InChI is InChI=1S/C25H21N3O/c29-24(16-19-10-12-21(13-11-19)20-6-2-1-3-7-20)28-18-23-9-5-15-27-25(23)22-8-4-14-26-17-22/h1-15,17H,16,18H2,(H,28,29). The van der Waals surface area contributed by atoms with Gasteiger partial charge in [0.15, 0.2) is 0 Å². The molecule has 2 aromatic heterocycles. The first-order chi connectivity index (χ1) is 14.3. The summed E-state index contributed by atoms with van der Waals surface area (Å²) in [6.07, 6.45) is 5.61. The molecule has 0 radical (unpaired) electrons. The molecule has 0 fully saturated rings. The predicted octanol–water partition coefficient (Wildman–Crippen LogP) is 4.67. The van der Waals surface area contributed by atoms with E-state index in [1.807, 2.05) is 54.6 Å². The Hall–Kier alpha value is -3.79. The first-order valence-corrected chi connectivity index (χ1v) is 9.55. The maximum absolute atomic E-state index is 12.4. The number of nitrogens with one attached hydrogen (secondary N) is 1. The van der Waals surface area contributed by atoms with Gasteiger partial charge >= 0.3 is 0 Å². The van der Waals surface area contributed by atoms with Crippen LogP contribution in [0.15, 0.2) is 97.5 Å². The number of hydrogen-bond donors (Lipinski definition) is 1. The van der Waals surface area contributed by atoms with E-state index in [1.54, 1.807) is 18.6 Å². The molecule has 0 spiro atoms. The van der Waals surface area contributed by atoms with E-state index >= 15 is 0 Å². The van der Waals surface area contributed by atoms with Crippen LogP contribution < -0.4 is 5.32 Å². The molecule has 0 aliphatic rings. The van der Waals surface area contributed by atoms with Crippen LogP contribution in [0.25, 0.3) is 22.4 Å². The first-order valence-electron chi connectivity index (χ1n) is 9.55. The Kier molecular flexibility index (Phi) is 5.72. The average molecular weight is 379 g/mol. The summed E-state index contributed by atoms with van der Waals surface area (Å²) >= 11 is 0. The Morgan fingerprint density at radius 1 is 0.759 bits per heavy atom. The maximum atomic E-state index is 12.4. The molecule has 1 N–H and O–H groups in total. The summed E-state index contributed by atoms with van der Waals surface area (Å²) in [6, 6.07) is 26.0. The fourth-order valence-electron chi connectivity index (χ4n) is 3.23. The fourth-order valence-corrected chi connectivity index (χ4v) is 3.23. The summed E-state index contributed by atoms with van der Waals surface area (Å²) in [5, 5.41) is 3.00. The van der Waals surface area contributed by atoms with Crippen molar-refractivity contribution in [3.63, 3.8) is 0 Å². The van der Waals surface area contributed by atoms with Crippen molar-refractivity contribution in [2.75, 3.05) is 0 Å². The van der Waals surface area contributed by atoms with E-state index in [0.29, 0.717) is 13.0 Å². The molecule has 0 aliphatic heterocycles. The van der Waals surface area contributed by atoms with Crippen LogP contribution in [0.1, 0.15) is 11.1 Å². The Labute approximate surface area is 170 Å². The second-order valence-electron chi connectivity index (χ2n) is 6.77. The van der Waals surface area contributed by atoms with Crippen LogP contribution in [0.3, 0.4) is 0 Å². The van der Waals surface area contributed by atoms with Gasteiger partial charge < -0.3 is 5.32 Å². The normalized spacial score (nSPS) is 10.5. The third kappa shape index (κ3) is 4.74. The lowest BCUT2D eigenvalue weighted by atomic mass is 10.0. The number of nitrogens with zero attached hydrogens (tertiary/aromatic N) is 2. The molecule has 0 atom stereocenters. The summed E-state index contributed by atoms with van der Waals surface area (Å²) in [7, 11) is 0. The second kappa shape index (κ2) is 8.93. The van der Waals surface area contributed by atoms with Crippen molar-refractivity contribution in [3.05, 3.63) is 109 Å². The molecule has 142 valence electrons. The summed E-state index contributed by atoms with van der Waals surface area (Å²) in [4.78, 5) is 21.1. The van der Waals surface area contributed by atoms with Gasteiger partial charge in [0.2, 0.25) is 5.91 Å². The highest BCUT2D eigenvalue weighted by Crippen LogP contribution is 2.21. The minimum Gasteiger partial charge on any atom is -0.352 e. The number of hydrogen-bond acceptors (Lipinski definition) is 3. The van der Waals surface area contributed by atoms with E-state index in [0.717, 1.165) is 27.9 Å². The Morgan fingerprint density at radius 2 is 1.48 bits per heavy atom. The minimum atomic E-state index is -0.0153. The number of rotatable bonds is 6. The molecule has 29 heavy (non-hydrogen) atoms. The lowest BCUT2D eigenvalue weighted by molar-refractivity contribution is -0.120. The van der Waals surface area contributed by atoms with Gasteiger partial charge in [0, 0.05) is 30.7 Å². The number of amides is 1.